The number of rotatable bonds is 2. The van der Waals surface area contributed by atoms with Crippen molar-refractivity contribution >= 4 is 0 Å². The minimum absolute atomic E-state index is 0.752. The van der Waals surface area contributed by atoms with Gasteiger partial charge in [0.1, 0.15) is 0 Å². The molecule has 1 heterocycles. The monoisotopic (exact) mass is 181 g/mol. The van der Waals surface area contributed by atoms with Crippen LogP contribution in [0, 0.1) is 11.8 Å². The molecule has 0 spiro atoms. The highest BCUT2D eigenvalue weighted by Gasteiger charge is 2.47. The minimum atomic E-state index is 0.752. The summed E-state index contributed by atoms with van der Waals surface area (Å²) in [5.41, 5.74) is 0. The van der Waals surface area contributed by atoms with Gasteiger partial charge in [0, 0.05) is 18.1 Å². The van der Waals surface area contributed by atoms with Gasteiger partial charge in [0.2, 0.25) is 0 Å². The lowest BCUT2D eigenvalue weighted by Gasteiger charge is -2.40. The van der Waals surface area contributed by atoms with Crippen molar-refractivity contribution in [1.82, 2.24) is 4.90 Å². The maximum absolute atomic E-state index is 2.79. The average molecular weight is 181 g/mol. The van der Waals surface area contributed by atoms with Crippen LogP contribution in [0.5, 0.6) is 0 Å². The number of likely N-dealkylation sites (tertiary alicyclic amines) is 1. The number of hydrogen-bond donors (Lipinski definition) is 0. The van der Waals surface area contributed by atoms with Gasteiger partial charge in [0.25, 0.3) is 0 Å². The predicted molar refractivity (Wildman–Crippen MR) is 56.7 cm³/mol. The van der Waals surface area contributed by atoms with Crippen LogP contribution in [0.4, 0.5) is 0 Å². The Morgan fingerprint density at radius 1 is 1.08 bits per heavy atom. The highest BCUT2D eigenvalue weighted by atomic mass is 15.3. The van der Waals surface area contributed by atoms with Gasteiger partial charge >= 0.3 is 0 Å². The summed E-state index contributed by atoms with van der Waals surface area (Å²) in [6.45, 7) is 9.47. The minimum Gasteiger partial charge on any atom is -0.295 e. The summed E-state index contributed by atoms with van der Waals surface area (Å²) in [5, 5.41) is 0. The van der Waals surface area contributed by atoms with Crippen molar-refractivity contribution in [1.29, 1.82) is 0 Å². The zero-order valence-electron chi connectivity index (χ0n) is 9.46. The van der Waals surface area contributed by atoms with E-state index in [2.05, 4.69) is 32.6 Å². The van der Waals surface area contributed by atoms with E-state index in [0.717, 1.165) is 30.0 Å². The molecule has 1 saturated carbocycles. The molecule has 2 fully saturated rings. The van der Waals surface area contributed by atoms with Gasteiger partial charge in [0.15, 0.2) is 0 Å². The standard InChI is InChI=1S/C12H23N/c1-8(2)12-7-10-5-6-11(10)13(12)9(3)4/h8-12H,5-7H2,1-4H3/t10?,11?,12-/m0/s1. The summed E-state index contributed by atoms with van der Waals surface area (Å²) < 4.78 is 0. The molecule has 0 aromatic rings. The molecule has 0 aromatic carbocycles. The SMILES string of the molecule is CC(C)[C@@H]1CC2CCC2N1C(C)C. The molecule has 1 heteroatoms. The van der Waals surface area contributed by atoms with E-state index in [4.69, 9.17) is 0 Å². The number of fused-ring (bicyclic) bond motifs is 1. The molecule has 0 N–H and O–H groups in total. The lowest BCUT2D eigenvalue weighted by atomic mass is 9.79. The van der Waals surface area contributed by atoms with Crippen molar-refractivity contribution in [2.75, 3.05) is 0 Å². The van der Waals surface area contributed by atoms with Gasteiger partial charge in [-0.1, -0.05) is 13.8 Å². The second-order valence-electron chi connectivity index (χ2n) is 5.49. The summed E-state index contributed by atoms with van der Waals surface area (Å²) in [6, 6.07) is 2.58. The number of nitrogens with zero attached hydrogens (tertiary/aromatic N) is 1. The fraction of sp³-hybridized carbons (Fsp3) is 1.00. The van der Waals surface area contributed by atoms with E-state index >= 15 is 0 Å². The van der Waals surface area contributed by atoms with Crippen molar-refractivity contribution in [3.05, 3.63) is 0 Å². The molecule has 1 saturated heterocycles. The molecule has 1 nitrogen and oxygen atoms in total. The molecule has 0 radical (unpaired) electrons. The molecule has 13 heavy (non-hydrogen) atoms. The fourth-order valence-electron chi connectivity index (χ4n) is 3.28. The van der Waals surface area contributed by atoms with E-state index in [1.807, 2.05) is 0 Å². The van der Waals surface area contributed by atoms with Crippen molar-refractivity contribution in [3.8, 4) is 0 Å². The second-order valence-corrected chi connectivity index (χ2v) is 5.49. The van der Waals surface area contributed by atoms with Crippen LogP contribution in [0.25, 0.3) is 0 Å². The van der Waals surface area contributed by atoms with Crippen molar-refractivity contribution < 1.29 is 0 Å². The molecule has 0 bridgehead atoms. The molecule has 0 amide bonds. The molecule has 2 aliphatic rings. The topological polar surface area (TPSA) is 3.24 Å². The van der Waals surface area contributed by atoms with Crippen LogP contribution in [-0.2, 0) is 0 Å². The third-order valence-electron chi connectivity index (χ3n) is 4.05. The Kier molecular flexibility index (Phi) is 2.39. The van der Waals surface area contributed by atoms with Crippen LogP contribution >= 0.6 is 0 Å². The summed E-state index contributed by atoms with van der Waals surface area (Å²) in [7, 11) is 0. The maximum atomic E-state index is 2.79. The maximum Gasteiger partial charge on any atom is 0.0130 e. The molecular weight excluding hydrogens is 158 g/mol. The lowest BCUT2D eigenvalue weighted by Crippen LogP contribution is -2.47. The molecule has 76 valence electrons. The van der Waals surface area contributed by atoms with Crippen molar-refractivity contribution in [3.63, 3.8) is 0 Å². The summed E-state index contributed by atoms with van der Waals surface area (Å²) in [5.74, 6) is 1.89. The molecule has 2 unspecified atom stereocenters. The first kappa shape index (κ1) is 9.51. The highest BCUT2D eigenvalue weighted by molar-refractivity contribution is 5.01. The van der Waals surface area contributed by atoms with E-state index in [0.29, 0.717) is 0 Å². The summed E-state index contributed by atoms with van der Waals surface area (Å²) >= 11 is 0. The first-order chi connectivity index (χ1) is 6.11. The normalized spacial score (nSPS) is 39.7. The Morgan fingerprint density at radius 2 is 1.77 bits per heavy atom. The van der Waals surface area contributed by atoms with Crippen molar-refractivity contribution in [2.24, 2.45) is 11.8 Å². The van der Waals surface area contributed by atoms with Crippen molar-refractivity contribution in [2.45, 2.75) is 65.1 Å². The molecule has 1 aliphatic carbocycles. The van der Waals surface area contributed by atoms with Crippen LogP contribution in [0.15, 0.2) is 0 Å². The van der Waals surface area contributed by atoms with Gasteiger partial charge in [-0.3, -0.25) is 4.90 Å². The zero-order chi connectivity index (χ0) is 9.59. The Bertz CT molecular complexity index is 186. The average Bonchev–Trinajstić information content (AvgIpc) is 2.23. The second kappa shape index (κ2) is 3.27. The Hall–Kier alpha value is -0.0400. The first-order valence-corrected chi connectivity index (χ1v) is 5.88. The number of hydrogen-bond acceptors (Lipinski definition) is 1. The largest absolute Gasteiger partial charge is 0.295 e. The highest BCUT2D eigenvalue weighted by Crippen LogP contribution is 2.46. The molecular formula is C12H23N. The Morgan fingerprint density at radius 3 is 2.15 bits per heavy atom. The van der Waals surface area contributed by atoms with Crippen LogP contribution in [0.1, 0.15) is 47.0 Å². The van der Waals surface area contributed by atoms with E-state index in [9.17, 15) is 0 Å². The van der Waals surface area contributed by atoms with Gasteiger partial charge in [-0.2, -0.15) is 0 Å². The zero-order valence-corrected chi connectivity index (χ0v) is 9.46. The van der Waals surface area contributed by atoms with Crippen LogP contribution < -0.4 is 0 Å². The predicted octanol–water partition coefficient (Wildman–Crippen LogP) is 2.90. The lowest BCUT2D eigenvalue weighted by molar-refractivity contribution is 0.0743. The van der Waals surface area contributed by atoms with E-state index in [1.54, 1.807) is 0 Å². The quantitative estimate of drug-likeness (QED) is 0.633. The summed E-state index contributed by atoms with van der Waals surface area (Å²) in [4.78, 5) is 2.79. The van der Waals surface area contributed by atoms with Gasteiger partial charge in [-0.25, -0.2) is 0 Å². The Balaban J connectivity index is 2.10. The third-order valence-corrected chi connectivity index (χ3v) is 4.05. The van der Waals surface area contributed by atoms with E-state index in [-0.39, 0.29) is 0 Å². The van der Waals surface area contributed by atoms with Gasteiger partial charge in [-0.05, 0) is 44.9 Å². The van der Waals surface area contributed by atoms with E-state index < -0.39 is 0 Å². The van der Waals surface area contributed by atoms with Crippen LogP contribution in [0.2, 0.25) is 0 Å². The Labute approximate surface area is 82.5 Å². The molecule has 2 rings (SSSR count). The van der Waals surface area contributed by atoms with Crippen LogP contribution in [-0.4, -0.2) is 23.0 Å². The molecule has 1 aliphatic heterocycles. The third kappa shape index (κ3) is 1.41. The van der Waals surface area contributed by atoms with E-state index in [1.165, 1.54) is 19.3 Å². The summed E-state index contributed by atoms with van der Waals surface area (Å²) in [6.07, 6.45) is 4.43. The smallest absolute Gasteiger partial charge is 0.0130 e. The molecule has 3 atom stereocenters. The molecule has 0 aromatic heterocycles. The first-order valence-electron chi connectivity index (χ1n) is 5.88. The van der Waals surface area contributed by atoms with Gasteiger partial charge in [0.05, 0.1) is 0 Å². The fourth-order valence-corrected chi connectivity index (χ4v) is 3.28. The van der Waals surface area contributed by atoms with Gasteiger partial charge in [-0.15, -0.1) is 0 Å². The van der Waals surface area contributed by atoms with Crippen LogP contribution in [0.3, 0.4) is 0 Å². The van der Waals surface area contributed by atoms with Gasteiger partial charge < -0.3 is 0 Å².